The van der Waals surface area contributed by atoms with Crippen molar-refractivity contribution in [2.45, 2.75) is 31.3 Å². The molecule has 0 aliphatic heterocycles. The minimum absolute atomic E-state index is 0.166. The Bertz CT molecular complexity index is 734. The van der Waals surface area contributed by atoms with E-state index in [9.17, 15) is 20.4 Å². The molecular weight excluding hydrogens is 332 g/mol. The predicted molar refractivity (Wildman–Crippen MR) is 89.2 cm³/mol. The predicted octanol–water partition coefficient (Wildman–Crippen LogP) is 0.0186. The number of rotatable bonds is 6. The summed E-state index contributed by atoms with van der Waals surface area (Å²) in [5.74, 6) is 0. The van der Waals surface area contributed by atoms with Gasteiger partial charge in [-0.1, -0.05) is 17.7 Å². The molecule has 1 aromatic carbocycles. The molecule has 2 rings (SSSR count). The van der Waals surface area contributed by atoms with Gasteiger partial charge in [-0.15, -0.1) is 0 Å². The first kappa shape index (κ1) is 18.7. The van der Waals surface area contributed by atoms with E-state index in [-0.39, 0.29) is 10.5 Å². The van der Waals surface area contributed by atoms with Crippen LogP contribution in [0, 0.1) is 11.7 Å². The normalized spacial score (nSPS) is 16.4. The fourth-order valence-corrected chi connectivity index (χ4v) is 2.57. The smallest absolute Gasteiger partial charge is 0.204 e. The van der Waals surface area contributed by atoms with Crippen molar-refractivity contribution in [1.82, 2.24) is 9.55 Å². The Morgan fingerprint density at radius 3 is 2.25 bits per heavy atom. The van der Waals surface area contributed by atoms with Gasteiger partial charge in [-0.05, 0) is 37.3 Å². The molecule has 0 saturated heterocycles. The summed E-state index contributed by atoms with van der Waals surface area (Å²) in [5, 5.41) is 48.7. The van der Waals surface area contributed by atoms with Crippen LogP contribution >= 0.6 is 12.2 Å². The molecule has 1 aromatic heterocycles. The van der Waals surface area contributed by atoms with Crippen LogP contribution in [-0.4, -0.2) is 60.0 Å². The van der Waals surface area contributed by atoms with Gasteiger partial charge in [0.2, 0.25) is 4.77 Å². The first-order valence-electron chi connectivity index (χ1n) is 7.35. The van der Waals surface area contributed by atoms with E-state index < -0.39 is 31.0 Å². The maximum absolute atomic E-state index is 10.4. The molecule has 0 aliphatic rings. The number of nitrogens with zero attached hydrogens (tertiary/aromatic N) is 2. The molecule has 1 unspecified atom stereocenters. The van der Waals surface area contributed by atoms with Crippen molar-refractivity contribution >= 4 is 12.2 Å². The zero-order valence-electron chi connectivity index (χ0n) is 13.0. The van der Waals surface area contributed by atoms with Crippen molar-refractivity contribution in [3.63, 3.8) is 0 Å². The van der Waals surface area contributed by atoms with Gasteiger partial charge in [-0.2, -0.15) is 0 Å². The van der Waals surface area contributed by atoms with Gasteiger partial charge in [-0.3, -0.25) is 4.57 Å². The quantitative estimate of drug-likeness (QED) is 0.465. The van der Waals surface area contributed by atoms with E-state index in [0.717, 1.165) is 5.56 Å². The van der Waals surface area contributed by atoms with Crippen LogP contribution < -0.4 is 0 Å². The monoisotopic (exact) mass is 352 g/mol. The Hall–Kier alpha value is -1.68. The van der Waals surface area contributed by atoms with E-state index in [0.29, 0.717) is 5.69 Å². The Morgan fingerprint density at radius 2 is 1.67 bits per heavy atom. The molecule has 7 nitrogen and oxygen atoms in total. The fraction of sp³-hybridized carbons (Fsp3) is 0.375. The molecule has 130 valence electrons. The standard InChI is InChI=1S/C16H20N2O5S/c1-9-2-4-10(5-3-9)18-11(6-7-17-16(18)24)13(21)15(23)14(22)12(20)8-19/h2-7,12-15,19-23H,8H2,1H3/t12-,13?,14+,15+/m1/s1. The van der Waals surface area contributed by atoms with E-state index in [4.69, 9.17) is 17.3 Å². The lowest BCUT2D eigenvalue weighted by Gasteiger charge is -2.27. The second-order valence-corrected chi connectivity index (χ2v) is 5.86. The molecule has 2 aromatic rings. The third kappa shape index (κ3) is 3.86. The lowest BCUT2D eigenvalue weighted by molar-refractivity contribution is -0.117. The molecule has 0 saturated carbocycles. The van der Waals surface area contributed by atoms with Crippen molar-refractivity contribution < 1.29 is 25.5 Å². The highest BCUT2D eigenvalue weighted by Gasteiger charge is 2.32. The van der Waals surface area contributed by atoms with Crippen molar-refractivity contribution in [2.24, 2.45) is 0 Å². The first-order valence-corrected chi connectivity index (χ1v) is 7.75. The Labute approximate surface area is 144 Å². The SMILES string of the molecule is Cc1ccc(-n2c(C(O)[C@H](O)[C@@H](O)[C@H](O)CO)ccnc2=S)cc1. The van der Waals surface area contributed by atoms with Gasteiger partial charge in [0.05, 0.1) is 12.3 Å². The third-order valence-corrected chi connectivity index (χ3v) is 4.02. The Morgan fingerprint density at radius 1 is 1.04 bits per heavy atom. The van der Waals surface area contributed by atoms with Gasteiger partial charge in [0.15, 0.2) is 0 Å². The molecule has 0 radical (unpaired) electrons. The summed E-state index contributed by atoms with van der Waals surface area (Å²) in [6, 6.07) is 8.76. The van der Waals surface area contributed by atoms with Crippen molar-refractivity contribution in [3.8, 4) is 5.69 Å². The van der Waals surface area contributed by atoms with Gasteiger partial charge in [0.1, 0.15) is 24.4 Å². The molecule has 24 heavy (non-hydrogen) atoms. The average Bonchev–Trinajstić information content (AvgIpc) is 2.59. The number of hydrogen-bond acceptors (Lipinski definition) is 7. The van der Waals surface area contributed by atoms with Crippen LogP contribution in [0.2, 0.25) is 0 Å². The van der Waals surface area contributed by atoms with E-state index in [1.165, 1.54) is 16.8 Å². The molecular formula is C16H20N2O5S. The minimum Gasteiger partial charge on any atom is -0.394 e. The fourth-order valence-electron chi connectivity index (χ4n) is 2.30. The second kappa shape index (κ2) is 7.93. The van der Waals surface area contributed by atoms with Crippen LogP contribution in [0.4, 0.5) is 0 Å². The van der Waals surface area contributed by atoms with Gasteiger partial charge >= 0.3 is 0 Å². The van der Waals surface area contributed by atoms with E-state index in [2.05, 4.69) is 4.98 Å². The molecule has 0 amide bonds. The van der Waals surface area contributed by atoms with Crippen molar-refractivity contribution in [3.05, 3.63) is 52.6 Å². The zero-order chi connectivity index (χ0) is 17.9. The van der Waals surface area contributed by atoms with Crippen LogP contribution in [-0.2, 0) is 0 Å². The lowest BCUT2D eigenvalue weighted by Crippen LogP contribution is -2.43. The van der Waals surface area contributed by atoms with Crippen molar-refractivity contribution in [2.75, 3.05) is 6.61 Å². The second-order valence-electron chi connectivity index (χ2n) is 5.50. The summed E-state index contributed by atoms with van der Waals surface area (Å²) in [6.45, 7) is 1.18. The number of benzene rings is 1. The van der Waals surface area contributed by atoms with Gasteiger partial charge in [0, 0.05) is 11.9 Å². The Balaban J connectivity index is 2.45. The van der Waals surface area contributed by atoms with E-state index in [1.807, 2.05) is 19.1 Å². The molecule has 8 heteroatoms. The molecule has 0 spiro atoms. The summed E-state index contributed by atoms with van der Waals surface area (Å²) in [4.78, 5) is 4.01. The maximum Gasteiger partial charge on any atom is 0.204 e. The van der Waals surface area contributed by atoms with Gasteiger partial charge in [-0.25, -0.2) is 4.98 Å². The third-order valence-electron chi connectivity index (χ3n) is 3.73. The van der Waals surface area contributed by atoms with E-state index >= 15 is 0 Å². The highest BCUT2D eigenvalue weighted by molar-refractivity contribution is 7.71. The summed E-state index contributed by atoms with van der Waals surface area (Å²) in [5.41, 5.74) is 1.88. The summed E-state index contributed by atoms with van der Waals surface area (Å²) in [7, 11) is 0. The van der Waals surface area contributed by atoms with Crippen LogP contribution in [0.25, 0.3) is 5.69 Å². The molecule has 0 aliphatic carbocycles. The number of hydrogen-bond donors (Lipinski definition) is 5. The number of aromatic nitrogens is 2. The van der Waals surface area contributed by atoms with E-state index in [1.54, 1.807) is 12.1 Å². The molecule has 0 fully saturated rings. The highest BCUT2D eigenvalue weighted by atomic mass is 32.1. The molecule has 1 heterocycles. The summed E-state index contributed by atoms with van der Waals surface area (Å²) < 4.78 is 1.64. The van der Waals surface area contributed by atoms with Crippen molar-refractivity contribution in [1.29, 1.82) is 0 Å². The largest absolute Gasteiger partial charge is 0.394 e. The first-order chi connectivity index (χ1) is 11.4. The average molecular weight is 352 g/mol. The van der Waals surface area contributed by atoms with Crippen LogP contribution in [0.15, 0.2) is 36.5 Å². The molecule has 0 bridgehead atoms. The zero-order valence-corrected chi connectivity index (χ0v) is 13.8. The van der Waals surface area contributed by atoms with Crippen LogP contribution in [0.1, 0.15) is 17.4 Å². The summed E-state index contributed by atoms with van der Waals surface area (Å²) >= 11 is 5.21. The molecule has 4 atom stereocenters. The number of aryl methyl sites for hydroxylation is 1. The number of aliphatic hydroxyl groups excluding tert-OH is 5. The Kier molecular flexibility index (Phi) is 6.16. The maximum atomic E-state index is 10.4. The lowest BCUT2D eigenvalue weighted by atomic mass is 10.0. The number of aliphatic hydroxyl groups is 5. The van der Waals surface area contributed by atoms with Gasteiger partial charge in [0.25, 0.3) is 0 Å². The highest BCUT2D eigenvalue weighted by Crippen LogP contribution is 2.23. The molecule has 5 N–H and O–H groups in total. The summed E-state index contributed by atoms with van der Waals surface area (Å²) in [6.07, 6.45) is -5.19. The topological polar surface area (TPSA) is 119 Å². The minimum atomic E-state index is -1.72. The van der Waals surface area contributed by atoms with Crippen LogP contribution in [0.3, 0.4) is 0 Å². The van der Waals surface area contributed by atoms with Crippen LogP contribution in [0.5, 0.6) is 0 Å². The van der Waals surface area contributed by atoms with Gasteiger partial charge < -0.3 is 25.5 Å².